The number of carbonyl (C=O) groups is 1. The van der Waals surface area contributed by atoms with Crippen LogP contribution in [0.1, 0.15) is 55.1 Å². The van der Waals surface area contributed by atoms with Gasteiger partial charge in [-0.1, -0.05) is 67.4 Å². The lowest BCUT2D eigenvalue weighted by atomic mass is 9.85. The summed E-state index contributed by atoms with van der Waals surface area (Å²) in [5.41, 5.74) is 2.79. The fourth-order valence-corrected chi connectivity index (χ4v) is 4.77. The molecule has 1 amide bonds. The Bertz CT molecular complexity index is 1270. The Labute approximate surface area is 226 Å². The van der Waals surface area contributed by atoms with E-state index in [9.17, 15) is 9.90 Å². The Morgan fingerprint density at radius 3 is 2.11 bits per heavy atom. The molecule has 4 rings (SSSR count). The number of hydrogen-bond donors (Lipinski definition) is 1. The molecule has 0 unspecified atom stereocenters. The lowest BCUT2D eigenvalue weighted by Gasteiger charge is -2.29. The summed E-state index contributed by atoms with van der Waals surface area (Å²) in [5.74, 6) is 0.969. The van der Waals surface area contributed by atoms with Crippen LogP contribution in [0.4, 0.5) is 4.79 Å². The number of aliphatic imine (C=N–C) groups is 1. The first-order valence-corrected chi connectivity index (χ1v) is 12.8. The van der Waals surface area contributed by atoms with E-state index in [1.807, 2.05) is 63.2 Å². The zero-order chi connectivity index (χ0) is 26.0. The normalized spacial score (nSPS) is 17.8. The lowest BCUT2D eigenvalue weighted by Crippen LogP contribution is -2.34. The molecule has 3 aromatic carbocycles. The Morgan fingerprint density at radius 2 is 1.58 bits per heavy atom. The van der Waals surface area contributed by atoms with Gasteiger partial charge < -0.3 is 9.84 Å². The Morgan fingerprint density at radius 1 is 1.00 bits per heavy atom. The van der Waals surface area contributed by atoms with Gasteiger partial charge in [0.2, 0.25) is 0 Å². The molecule has 0 fully saturated rings. The molecular formula is C28H27Cl3N2O3. The molecule has 2 atom stereocenters. The largest absolute Gasteiger partial charge is 0.493 e. The van der Waals surface area contributed by atoms with Crippen LogP contribution in [0, 0.1) is 0 Å². The van der Waals surface area contributed by atoms with Gasteiger partial charge in [-0.3, -0.25) is 14.7 Å². The summed E-state index contributed by atoms with van der Waals surface area (Å²) in [6.07, 6.45) is 0. The van der Waals surface area contributed by atoms with E-state index in [1.165, 1.54) is 4.90 Å². The molecular weight excluding hydrogens is 519 g/mol. The van der Waals surface area contributed by atoms with Crippen LogP contribution in [0.5, 0.6) is 5.75 Å². The van der Waals surface area contributed by atoms with Crippen molar-refractivity contribution in [2.75, 3.05) is 13.2 Å². The molecule has 1 aliphatic heterocycles. The molecule has 0 saturated heterocycles. The van der Waals surface area contributed by atoms with Crippen molar-refractivity contribution >= 4 is 46.0 Å². The second-order valence-electron chi connectivity index (χ2n) is 9.25. The molecule has 1 aliphatic rings. The number of amides is 1. The molecule has 0 saturated carbocycles. The van der Waals surface area contributed by atoms with Crippen LogP contribution in [0.2, 0.25) is 10.0 Å². The molecule has 0 spiro atoms. The SMILES string of the molecule is CCOc1cc(C(C)(C)CO)ccc1C1=N[C@@H](c2ccc(Cl)cc2)[C@@H](c2ccc(Cl)cc2)N1C(=O)Cl. The summed E-state index contributed by atoms with van der Waals surface area (Å²) < 4.78 is 5.99. The summed E-state index contributed by atoms with van der Waals surface area (Å²) in [7, 11) is 0. The highest BCUT2D eigenvalue weighted by Crippen LogP contribution is 2.45. The molecule has 0 bridgehead atoms. The van der Waals surface area contributed by atoms with E-state index in [0.29, 0.717) is 33.8 Å². The van der Waals surface area contributed by atoms with Gasteiger partial charge in [-0.2, -0.15) is 0 Å². The molecule has 188 valence electrons. The van der Waals surface area contributed by atoms with Gasteiger partial charge in [0.1, 0.15) is 17.6 Å². The highest BCUT2D eigenvalue weighted by molar-refractivity contribution is 6.64. The fourth-order valence-electron chi connectivity index (χ4n) is 4.33. The predicted octanol–water partition coefficient (Wildman–Crippen LogP) is 7.57. The van der Waals surface area contributed by atoms with E-state index in [0.717, 1.165) is 16.7 Å². The predicted molar refractivity (Wildman–Crippen MR) is 146 cm³/mol. The van der Waals surface area contributed by atoms with E-state index in [-0.39, 0.29) is 6.61 Å². The van der Waals surface area contributed by atoms with Crippen molar-refractivity contribution in [2.45, 2.75) is 38.3 Å². The minimum atomic E-state index is -0.660. The number of rotatable bonds is 7. The smallest absolute Gasteiger partial charge is 0.322 e. The number of hydrogen-bond acceptors (Lipinski definition) is 4. The van der Waals surface area contributed by atoms with E-state index in [2.05, 4.69) is 0 Å². The van der Waals surface area contributed by atoms with Crippen molar-refractivity contribution in [1.29, 1.82) is 0 Å². The van der Waals surface area contributed by atoms with Crippen molar-refractivity contribution in [3.05, 3.63) is 99.0 Å². The number of halogens is 3. The number of benzene rings is 3. The van der Waals surface area contributed by atoms with Gasteiger partial charge >= 0.3 is 5.37 Å². The van der Waals surface area contributed by atoms with Crippen LogP contribution in [-0.4, -0.2) is 34.4 Å². The van der Waals surface area contributed by atoms with E-state index in [1.54, 1.807) is 24.3 Å². The van der Waals surface area contributed by atoms with Crippen LogP contribution < -0.4 is 4.74 Å². The van der Waals surface area contributed by atoms with Gasteiger partial charge in [-0.05, 0) is 71.6 Å². The molecule has 0 aliphatic carbocycles. The van der Waals surface area contributed by atoms with E-state index in [4.69, 9.17) is 44.5 Å². The van der Waals surface area contributed by atoms with Crippen molar-refractivity contribution in [2.24, 2.45) is 4.99 Å². The van der Waals surface area contributed by atoms with Crippen LogP contribution in [-0.2, 0) is 5.41 Å². The molecule has 5 nitrogen and oxygen atoms in total. The minimum Gasteiger partial charge on any atom is -0.493 e. The average molecular weight is 546 g/mol. The zero-order valence-corrected chi connectivity index (χ0v) is 22.5. The topological polar surface area (TPSA) is 62.1 Å². The maximum absolute atomic E-state index is 12.9. The first kappa shape index (κ1) is 26.5. The maximum atomic E-state index is 12.9. The summed E-state index contributed by atoms with van der Waals surface area (Å²) in [6.45, 7) is 6.18. The standard InChI is InChI=1S/C28H27Cl3N2O3/c1-4-36-23-15-19(28(2,3)16-34)9-14-22(23)26-32-24(17-5-10-20(29)11-6-17)25(33(26)27(31)35)18-7-12-21(30)13-8-18/h5-15,24-25,34H,4,16H2,1-3H3/t24-,25+/m0/s1. The third-order valence-electron chi connectivity index (χ3n) is 6.38. The Hall–Kier alpha value is -2.57. The monoisotopic (exact) mass is 544 g/mol. The number of nitrogens with zero attached hydrogens (tertiary/aromatic N) is 2. The Kier molecular flexibility index (Phi) is 7.96. The highest BCUT2D eigenvalue weighted by Gasteiger charge is 2.42. The molecule has 8 heteroatoms. The number of amidine groups is 1. The molecule has 1 heterocycles. The van der Waals surface area contributed by atoms with Gasteiger partial charge in [0.25, 0.3) is 0 Å². The van der Waals surface area contributed by atoms with Crippen LogP contribution >= 0.6 is 34.8 Å². The van der Waals surface area contributed by atoms with Gasteiger partial charge in [0.15, 0.2) is 0 Å². The second-order valence-corrected chi connectivity index (χ2v) is 10.5. The van der Waals surface area contributed by atoms with Crippen LogP contribution in [0.25, 0.3) is 0 Å². The number of aliphatic hydroxyl groups is 1. The summed E-state index contributed by atoms with van der Waals surface area (Å²) >= 11 is 18.5. The molecule has 0 radical (unpaired) electrons. The second kappa shape index (κ2) is 10.8. The van der Waals surface area contributed by atoms with Gasteiger partial charge in [-0.15, -0.1) is 0 Å². The molecule has 0 aromatic heterocycles. The number of carbonyl (C=O) groups excluding carboxylic acids is 1. The van der Waals surface area contributed by atoms with Crippen molar-refractivity contribution in [3.63, 3.8) is 0 Å². The highest BCUT2D eigenvalue weighted by atomic mass is 35.5. The van der Waals surface area contributed by atoms with Crippen molar-refractivity contribution < 1.29 is 14.6 Å². The Balaban J connectivity index is 1.91. The van der Waals surface area contributed by atoms with E-state index < -0.39 is 22.9 Å². The average Bonchev–Trinajstić information content (AvgIpc) is 3.26. The van der Waals surface area contributed by atoms with Gasteiger partial charge in [0.05, 0.1) is 24.8 Å². The zero-order valence-electron chi connectivity index (χ0n) is 20.2. The first-order chi connectivity index (χ1) is 17.2. The van der Waals surface area contributed by atoms with Crippen molar-refractivity contribution in [1.82, 2.24) is 4.90 Å². The third-order valence-corrected chi connectivity index (χ3v) is 7.06. The van der Waals surface area contributed by atoms with Crippen LogP contribution in [0.15, 0.2) is 71.7 Å². The quantitative estimate of drug-likeness (QED) is 0.246. The fraction of sp³-hybridized carbons (Fsp3) is 0.286. The van der Waals surface area contributed by atoms with Gasteiger partial charge in [0, 0.05) is 15.5 Å². The summed E-state index contributed by atoms with van der Waals surface area (Å²) in [5, 5.41) is 10.4. The number of ether oxygens (including phenoxy) is 1. The molecule has 36 heavy (non-hydrogen) atoms. The lowest BCUT2D eigenvalue weighted by molar-refractivity contribution is 0.218. The van der Waals surface area contributed by atoms with Crippen molar-refractivity contribution in [3.8, 4) is 5.75 Å². The maximum Gasteiger partial charge on any atom is 0.322 e. The number of aliphatic hydroxyl groups excluding tert-OH is 1. The molecule has 3 aromatic rings. The third kappa shape index (κ3) is 5.25. The summed E-state index contributed by atoms with van der Waals surface area (Å²) in [6, 6.07) is 19.4. The summed E-state index contributed by atoms with van der Waals surface area (Å²) in [4.78, 5) is 19.5. The minimum absolute atomic E-state index is 0.0254. The van der Waals surface area contributed by atoms with E-state index >= 15 is 0 Å². The first-order valence-electron chi connectivity index (χ1n) is 11.6. The van der Waals surface area contributed by atoms with Gasteiger partial charge in [-0.25, -0.2) is 0 Å². The molecule has 1 N–H and O–H groups in total. The van der Waals surface area contributed by atoms with Crippen LogP contribution in [0.3, 0.4) is 0 Å².